The van der Waals surface area contributed by atoms with E-state index in [0.717, 1.165) is 18.4 Å². The number of allylic oxidation sites excluding steroid dienone is 2. The summed E-state index contributed by atoms with van der Waals surface area (Å²) in [5.41, 5.74) is 0.0593. The van der Waals surface area contributed by atoms with Crippen LogP contribution in [0, 0.1) is 29.6 Å². The lowest BCUT2D eigenvalue weighted by Crippen LogP contribution is -2.50. The highest BCUT2D eigenvalue weighted by Crippen LogP contribution is 2.43. The topological polar surface area (TPSA) is 166 Å². The summed E-state index contributed by atoms with van der Waals surface area (Å²) in [7, 11) is 8.21. The molecule has 3 rings (SSSR count). The smallest absolute Gasteiger partial charge is 0.331 e. The second-order valence-corrected chi connectivity index (χ2v) is 17.1. The standard InChI is InChI=1S/C45H75NO12/c1-28-15-18-34(48)23-35-13-12-14-36(57-35)24-39(53-9)45(26-56-45)40(54-10)25-38(52-8)32(5)44(58-41(50)20-16-28)33(6)42(51)29(2)17-19-37(49)31(4)43(55-11)30(3)21-22-46(7)27-47/h12-13,15-16,20-22,27,29-40,42-44,48-49,51H,14,17-19,23-26H2,1-11H3/b20-16?,22-21+,28-15+/t29-,30+,31-,32-,33-,34-,35-,36-,37?,38+,39-,40-,42-,43+,44-,45-/m0/s1. The van der Waals surface area contributed by atoms with Gasteiger partial charge in [0.15, 0.2) is 0 Å². The molecule has 3 aliphatic rings. The first-order chi connectivity index (χ1) is 27.5. The molecule has 0 aliphatic carbocycles. The third kappa shape index (κ3) is 14.1. The van der Waals surface area contributed by atoms with E-state index in [4.69, 9.17) is 33.2 Å². The molecule has 13 nitrogen and oxygen atoms in total. The Labute approximate surface area is 347 Å². The van der Waals surface area contributed by atoms with Crippen molar-refractivity contribution >= 4 is 12.4 Å². The van der Waals surface area contributed by atoms with Crippen LogP contribution in [0.3, 0.4) is 0 Å². The molecule has 1 fully saturated rings. The average molecular weight is 822 g/mol. The SMILES string of the molecule is CO[C@H]([C@H](C)/C=C/N(C)C=O)[C@@H](C)C(O)CC[C@H](C)[C@H](O)[C@H](C)[C@H]1OC(=O)C=C/C(C)=C/C[C@H](O)C[C@@H]2C=CC[C@@H](C[C@H](OC)[C@@]3(CO3)[C@@H](OC)C[C@@H](OC)[C@@H]1C)O2. The van der Waals surface area contributed by atoms with Crippen LogP contribution in [0.15, 0.2) is 48.2 Å². The van der Waals surface area contributed by atoms with E-state index in [1.54, 1.807) is 47.8 Å². The second kappa shape index (κ2) is 24.1. The minimum atomic E-state index is -0.889. The lowest BCUT2D eigenvalue weighted by Gasteiger charge is -2.39. The maximum atomic E-state index is 13.5. The van der Waals surface area contributed by atoms with Crippen LogP contribution >= 0.6 is 0 Å². The number of hydrogen-bond donors (Lipinski definition) is 3. The van der Waals surface area contributed by atoms with Crippen molar-refractivity contribution in [1.82, 2.24) is 4.90 Å². The zero-order valence-electron chi connectivity index (χ0n) is 36.9. The van der Waals surface area contributed by atoms with E-state index in [1.165, 1.54) is 11.0 Å². The molecule has 1 unspecified atom stereocenters. The minimum absolute atomic E-state index is 0.0676. The van der Waals surface area contributed by atoms with Gasteiger partial charge in [-0.3, -0.25) is 4.79 Å². The zero-order chi connectivity index (χ0) is 43.2. The number of nitrogens with zero attached hydrogens (tertiary/aromatic N) is 1. The molecule has 58 heavy (non-hydrogen) atoms. The van der Waals surface area contributed by atoms with E-state index >= 15 is 0 Å². The van der Waals surface area contributed by atoms with Crippen molar-refractivity contribution in [2.75, 3.05) is 42.1 Å². The van der Waals surface area contributed by atoms with Gasteiger partial charge in [-0.15, -0.1) is 0 Å². The molecule has 1 amide bonds. The first-order valence-electron chi connectivity index (χ1n) is 21.1. The molecule has 332 valence electrons. The number of carbonyl (C=O) groups is 2. The lowest BCUT2D eigenvalue weighted by molar-refractivity contribution is -0.159. The number of methoxy groups -OCH3 is 4. The van der Waals surface area contributed by atoms with Gasteiger partial charge in [-0.25, -0.2) is 4.79 Å². The largest absolute Gasteiger partial charge is 0.458 e. The second-order valence-electron chi connectivity index (χ2n) is 17.1. The fraction of sp³-hybridized carbons (Fsp3) is 0.778. The summed E-state index contributed by atoms with van der Waals surface area (Å²) in [6.07, 6.45) is 11.9. The van der Waals surface area contributed by atoms with E-state index in [-0.39, 0.29) is 48.1 Å². The summed E-state index contributed by atoms with van der Waals surface area (Å²) < 4.78 is 43.0. The molecule has 0 saturated carbocycles. The van der Waals surface area contributed by atoms with Gasteiger partial charge in [0.25, 0.3) is 0 Å². The van der Waals surface area contributed by atoms with Crippen LogP contribution in [-0.2, 0) is 42.7 Å². The van der Waals surface area contributed by atoms with E-state index in [2.05, 4.69) is 6.08 Å². The van der Waals surface area contributed by atoms with Gasteiger partial charge in [0, 0.05) is 90.7 Å². The molecular formula is C45H75NO12. The van der Waals surface area contributed by atoms with Crippen molar-refractivity contribution in [2.45, 2.75) is 153 Å². The molecule has 0 aromatic rings. The Kier molecular flexibility index (Phi) is 20.7. The molecule has 16 atom stereocenters. The molecule has 13 heteroatoms. The van der Waals surface area contributed by atoms with Crippen LogP contribution in [0.1, 0.15) is 86.5 Å². The van der Waals surface area contributed by atoms with Crippen molar-refractivity contribution in [3.63, 3.8) is 0 Å². The number of fused-ring (bicyclic) bond motifs is 2. The molecule has 3 heterocycles. The number of cyclic esters (lactones) is 1. The highest BCUT2D eigenvalue weighted by molar-refractivity contribution is 5.82. The monoisotopic (exact) mass is 822 g/mol. The summed E-state index contributed by atoms with van der Waals surface area (Å²) >= 11 is 0. The summed E-state index contributed by atoms with van der Waals surface area (Å²) in [4.78, 5) is 26.0. The zero-order valence-corrected chi connectivity index (χ0v) is 36.9. The predicted octanol–water partition coefficient (Wildman–Crippen LogP) is 5.16. The number of aliphatic hydroxyl groups excluding tert-OH is 3. The Morgan fingerprint density at radius 3 is 2.26 bits per heavy atom. The maximum absolute atomic E-state index is 13.5. The van der Waals surface area contributed by atoms with E-state index in [9.17, 15) is 24.9 Å². The number of esters is 1. The van der Waals surface area contributed by atoms with Crippen LogP contribution in [0.25, 0.3) is 0 Å². The number of carbonyl (C=O) groups excluding carboxylic acids is 2. The number of hydrogen-bond acceptors (Lipinski definition) is 12. The third-order valence-electron chi connectivity index (χ3n) is 12.8. The first kappa shape index (κ1) is 49.9. The van der Waals surface area contributed by atoms with Crippen molar-refractivity contribution in [1.29, 1.82) is 0 Å². The van der Waals surface area contributed by atoms with Crippen LogP contribution in [-0.4, -0.2) is 141 Å². The first-order valence-corrected chi connectivity index (χ1v) is 21.1. The van der Waals surface area contributed by atoms with Gasteiger partial charge in [-0.05, 0) is 38.5 Å². The van der Waals surface area contributed by atoms with Gasteiger partial charge in [0.05, 0.1) is 61.5 Å². The van der Waals surface area contributed by atoms with E-state index in [1.807, 2.05) is 59.8 Å². The summed E-state index contributed by atoms with van der Waals surface area (Å²) in [6, 6.07) is 0. The Bertz CT molecular complexity index is 1360. The molecule has 1 saturated heterocycles. The number of rotatable bonds is 16. The average Bonchev–Trinajstić information content (AvgIpc) is 4.02. The van der Waals surface area contributed by atoms with Gasteiger partial charge in [0.2, 0.25) is 6.41 Å². The van der Waals surface area contributed by atoms with Crippen molar-refractivity contribution in [2.24, 2.45) is 29.6 Å². The fourth-order valence-electron chi connectivity index (χ4n) is 8.80. The molecule has 3 aliphatic heterocycles. The lowest BCUT2D eigenvalue weighted by atomic mass is 9.78. The number of epoxide rings is 1. The maximum Gasteiger partial charge on any atom is 0.331 e. The Morgan fingerprint density at radius 1 is 0.983 bits per heavy atom. The third-order valence-corrected chi connectivity index (χ3v) is 12.8. The van der Waals surface area contributed by atoms with Gasteiger partial charge in [-0.1, -0.05) is 70.6 Å². The van der Waals surface area contributed by atoms with E-state index in [0.29, 0.717) is 45.1 Å². The number of amides is 1. The summed E-state index contributed by atoms with van der Waals surface area (Å²) in [6.45, 7) is 12.0. The van der Waals surface area contributed by atoms with Gasteiger partial charge in [0.1, 0.15) is 11.7 Å². The van der Waals surface area contributed by atoms with Crippen LogP contribution in [0.2, 0.25) is 0 Å². The van der Waals surface area contributed by atoms with Crippen LogP contribution < -0.4 is 0 Å². The number of aliphatic hydroxyl groups is 3. The molecule has 3 N–H and O–H groups in total. The van der Waals surface area contributed by atoms with Crippen LogP contribution in [0.5, 0.6) is 0 Å². The van der Waals surface area contributed by atoms with Crippen molar-refractivity contribution < 1.29 is 58.1 Å². The summed E-state index contributed by atoms with van der Waals surface area (Å²) in [5.74, 6) is -2.02. The molecule has 1 spiro atoms. The fourth-order valence-corrected chi connectivity index (χ4v) is 8.80. The molecule has 0 radical (unpaired) electrons. The van der Waals surface area contributed by atoms with Crippen molar-refractivity contribution in [3.8, 4) is 0 Å². The predicted molar refractivity (Wildman–Crippen MR) is 222 cm³/mol. The highest BCUT2D eigenvalue weighted by Gasteiger charge is 2.59. The minimum Gasteiger partial charge on any atom is -0.458 e. The molecular weight excluding hydrogens is 746 g/mol. The Morgan fingerprint density at radius 2 is 1.66 bits per heavy atom. The molecule has 0 aromatic carbocycles. The highest BCUT2D eigenvalue weighted by atomic mass is 16.6. The van der Waals surface area contributed by atoms with Crippen LogP contribution in [0.4, 0.5) is 0 Å². The van der Waals surface area contributed by atoms with Gasteiger partial charge < -0.3 is 53.4 Å². The Hall–Kier alpha value is -2.46. The van der Waals surface area contributed by atoms with Gasteiger partial charge in [-0.2, -0.15) is 0 Å². The Balaban J connectivity index is 1.86. The normalized spacial score (nSPS) is 34.9. The van der Waals surface area contributed by atoms with Gasteiger partial charge >= 0.3 is 5.97 Å². The quantitative estimate of drug-likeness (QED) is 0.0812. The van der Waals surface area contributed by atoms with Crippen molar-refractivity contribution in [3.05, 3.63) is 48.2 Å². The molecule has 2 bridgehead atoms. The molecule has 0 aromatic heterocycles. The van der Waals surface area contributed by atoms with E-state index < -0.39 is 54.1 Å². The number of ether oxygens (including phenoxy) is 7. The summed E-state index contributed by atoms with van der Waals surface area (Å²) in [5, 5.41) is 34.0.